The summed E-state index contributed by atoms with van der Waals surface area (Å²) in [5, 5.41) is 4.12. The van der Waals surface area contributed by atoms with Crippen LogP contribution < -0.4 is 15.0 Å². The Balaban J connectivity index is 1.35. The molecule has 1 saturated heterocycles. The summed E-state index contributed by atoms with van der Waals surface area (Å²) in [6, 6.07) is 14.2. The molecule has 0 unspecified atom stereocenters. The molecule has 1 aliphatic rings. The highest BCUT2D eigenvalue weighted by atomic mass is 32.1. The molecule has 0 radical (unpaired) electrons. The molecule has 0 aliphatic carbocycles. The standard InChI is InChI=1S/C24H29N3O2S/c1-4-29-20-9-10-21-22(15-20)30-24(26-21)27-13-11-18(12-14-27)23(28)25-19-7-5-17(6-8-19)16(2)3/h5-10,15-16,18H,4,11-14H2,1-3H3,(H,25,28). The highest BCUT2D eigenvalue weighted by molar-refractivity contribution is 7.22. The normalized spacial score (nSPS) is 15.0. The van der Waals surface area contributed by atoms with Crippen LogP contribution in [0.5, 0.6) is 5.75 Å². The first-order valence-corrected chi connectivity index (χ1v) is 11.5. The van der Waals surface area contributed by atoms with Crippen LogP contribution >= 0.6 is 11.3 Å². The van der Waals surface area contributed by atoms with Crippen LogP contribution in [0.3, 0.4) is 0 Å². The largest absolute Gasteiger partial charge is 0.494 e. The zero-order chi connectivity index (χ0) is 21.1. The number of thiazole rings is 1. The molecule has 158 valence electrons. The molecule has 2 heterocycles. The van der Waals surface area contributed by atoms with Gasteiger partial charge in [0, 0.05) is 24.7 Å². The van der Waals surface area contributed by atoms with Crippen LogP contribution in [0.1, 0.15) is 45.1 Å². The summed E-state index contributed by atoms with van der Waals surface area (Å²) in [7, 11) is 0. The van der Waals surface area contributed by atoms with Gasteiger partial charge in [0.1, 0.15) is 5.75 Å². The van der Waals surface area contributed by atoms with Crippen LogP contribution in [-0.4, -0.2) is 30.6 Å². The number of carbonyl (C=O) groups is 1. The number of anilines is 2. The van der Waals surface area contributed by atoms with Gasteiger partial charge >= 0.3 is 0 Å². The Hall–Kier alpha value is -2.60. The van der Waals surface area contributed by atoms with Crippen LogP contribution in [0.25, 0.3) is 10.2 Å². The first-order chi connectivity index (χ1) is 14.5. The minimum atomic E-state index is 0.0463. The van der Waals surface area contributed by atoms with Crippen molar-refractivity contribution in [3.8, 4) is 5.75 Å². The summed E-state index contributed by atoms with van der Waals surface area (Å²) in [4.78, 5) is 19.8. The van der Waals surface area contributed by atoms with E-state index in [0.717, 1.165) is 52.7 Å². The molecule has 0 atom stereocenters. The highest BCUT2D eigenvalue weighted by Gasteiger charge is 2.26. The van der Waals surface area contributed by atoms with E-state index in [1.54, 1.807) is 11.3 Å². The van der Waals surface area contributed by atoms with Gasteiger partial charge in [-0.15, -0.1) is 0 Å². The molecule has 0 saturated carbocycles. The molecule has 1 aliphatic heterocycles. The van der Waals surface area contributed by atoms with Crippen LogP contribution in [0.4, 0.5) is 10.8 Å². The lowest BCUT2D eigenvalue weighted by Crippen LogP contribution is -2.38. The average Bonchev–Trinajstić information content (AvgIpc) is 3.18. The van der Waals surface area contributed by atoms with E-state index < -0.39 is 0 Å². The fourth-order valence-corrected chi connectivity index (χ4v) is 4.86. The number of amides is 1. The first-order valence-electron chi connectivity index (χ1n) is 10.7. The second kappa shape index (κ2) is 9.04. The van der Waals surface area contributed by atoms with Crippen molar-refractivity contribution in [2.45, 2.75) is 39.5 Å². The van der Waals surface area contributed by atoms with Gasteiger partial charge in [-0.25, -0.2) is 4.98 Å². The molecular formula is C24H29N3O2S. The number of nitrogens with zero attached hydrogens (tertiary/aromatic N) is 2. The van der Waals surface area contributed by atoms with Gasteiger partial charge in [0.15, 0.2) is 5.13 Å². The predicted molar refractivity (Wildman–Crippen MR) is 125 cm³/mol. The third kappa shape index (κ3) is 4.59. The maximum Gasteiger partial charge on any atom is 0.227 e. The summed E-state index contributed by atoms with van der Waals surface area (Å²) in [5.74, 6) is 1.55. The quantitative estimate of drug-likeness (QED) is 0.555. The van der Waals surface area contributed by atoms with Crippen molar-refractivity contribution < 1.29 is 9.53 Å². The molecule has 0 spiro atoms. The number of fused-ring (bicyclic) bond motifs is 1. The number of ether oxygens (including phenoxy) is 1. The Labute approximate surface area is 182 Å². The van der Waals surface area contributed by atoms with Gasteiger partial charge in [-0.2, -0.15) is 0 Å². The number of benzene rings is 2. The van der Waals surface area contributed by atoms with Gasteiger partial charge in [0.2, 0.25) is 5.91 Å². The Morgan fingerprint density at radius 2 is 1.93 bits per heavy atom. The lowest BCUT2D eigenvalue weighted by Gasteiger charge is -2.31. The Bertz CT molecular complexity index is 1000. The summed E-state index contributed by atoms with van der Waals surface area (Å²) >= 11 is 1.69. The average molecular weight is 424 g/mol. The lowest BCUT2D eigenvalue weighted by molar-refractivity contribution is -0.120. The fourth-order valence-electron chi connectivity index (χ4n) is 3.81. The molecular weight excluding hydrogens is 394 g/mol. The number of hydrogen-bond acceptors (Lipinski definition) is 5. The zero-order valence-corrected chi connectivity index (χ0v) is 18.7. The first kappa shape index (κ1) is 20.7. The molecule has 4 rings (SSSR count). The summed E-state index contributed by atoms with van der Waals surface area (Å²) in [6.45, 7) is 8.69. The molecule has 1 fully saturated rings. The van der Waals surface area contributed by atoms with Crippen LogP contribution in [0.2, 0.25) is 0 Å². The van der Waals surface area contributed by atoms with E-state index in [-0.39, 0.29) is 11.8 Å². The minimum Gasteiger partial charge on any atom is -0.494 e. The van der Waals surface area contributed by atoms with Crippen molar-refractivity contribution in [3.63, 3.8) is 0 Å². The molecule has 30 heavy (non-hydrogen) atoms. The van der Waals surface area contributed by atoms with Gasteiger partial charge in [-0.3, -0.25) is 4.79 Å². The van der Waals surface area contributed by atoms with E-state index in [1.165, 1.54) is 5.56 Å². The van der Waals surface area contributed by atoms with Gasteiger partial charge in [0.05, 0.1) is 16.8 Å². The van der Waals surface area contributed by atoms with E-state index >= 15 is 0 Å². The third-order valence-corrected chi connectivity index (χ3v) is 6.72. The summed E-state index contributed by atoms with van der Waals surface area (Å²) in [6.07, 6.45) is 1.69. The van der Waals surface area contributed by atoms with Crippen LogP contribution in [-0.2, 0) is 4.79 Å². The van der Waals surface area contributed by atoms with E-state index in [1.807, 2.05) is 31.2 Å². The van der Waals surface area contributed by atoms with Crippen molar-refractivity contribution in [2.24, 2.45) is 5.92 Å². The van der Waals surface area contributed by atoms with E-state index in [4.69, 9.17) is 9.72 Å². The number of nitrogens with one attached hydrogen (secondary N) is 1. The fraction of sp³-hybridized carbons (Fsp3) is 0.417. The number of hydrogen-bond donors (Lipinski definition) is 1. The summed E-state index contributed by atoms with van der Waals surface area (Å²) in [5.41, 5.74) is 3.16. The van der Waals surface area contributed by atoms with E-state index in [0.29, 0.717) is 12.5 Å². The molecule has 0 bridgehead atoms. The number of carbonyl (C=O) groups excluding carboxylic acids is 1. The molecule has 1 amide bonds. The third-order valence-electron chi connectivity index (χ3n) is 5.64. The van der Waals surface area contributed by atoms with Gasteiger partial charge in [0.25, 0.3) is 0 Å². The number of piperidine rings is 1. The topological polar surface area (TPSA) is 54.5 Å². The molecule has 3 aromatic rings. The van der Waals surface area contributed by atoms with Crippen molar-refractivity contribution in [2.75, 3.05) is 29.9 Å². The van der Waals surface area contributed by atoms with Crippen molar-refractivity contribution in [1.29, 1.82) is 0 Å². The molecule has 6 heteroatoms. The van der Waals surface area contributed by atoms with E-state index in [2.05, 4.69) is 42.3 Å². The lowest BCUT2D eigenvalue weighted by atomic mass is 9.96. The van der Waals surface area contributed by atoms with Crippen LogP contribution in [0, 0.1) is 5.92 Å². The summed E-state index contributed by atoms with van der Waals surface area (Å²) < 4.78 is 6.74. The molecule has 1 N–H and O–H groups in total. The van der Waals surface area contributed by atoms with E-state index in [9.17, 15) is 4.79 Å². The maximum atomic E-state index is 12.7. The van der Waals surface area contributed by atoms with Crippen molar-refractivity contribution in [3.05, 3.63) is 48.0 Å². The Morgan fingerprint density at radius 1 is 1.20 bits per heavy atom. The SMILES string of the molecule is CCOc1ccc2nc(N3CCC(C(=O)Nc4ccc(C(C)C)cc4)CC3)sc2c1. The maximum absolute atomic E-state index is 12.7. The van der Waals surface area contributed by atoms with Gasteiger partial charge in [-0.1, -0.05) is 37.3 Å². The van der Waals surface area contributed by atoms with Gasteiger partial charge in [-0.05, 0) is 61.6 Å². The Morgan fingerprint density at radius 3 is 2.60 bits per heavy atom. The second-order valence-electron chi connectivity index (χ2n) is 8.09. The smallest absolute Gasteiger partial charge is 0.227 e. The molecule has 1 aromatic heterocycles. The predicted octanol–water partition coefficient (Wildman–Crippen LogP) is 5.67. The second-order valence-corrected chi connectivity index (χ2v) is 9.10. The monoisotopic (exact) mass is 423 g/mol. The minimum absolute atomic E-state index is 0.0463. The number of rotatable bonds is 6. The highest BCUT2D eigenvalue weighted by Crippen LogP contribution is 2.33. The number of aromatic nitrogens is 1. The van der Waals surface area contributed by atoms with Gasteiger partial charge < -0.3 is 15.0 Å². The Kier molecular flexibility index (Phi) is 6.23. The van der Waals surface area contributed by atoms with Crippen molar-refractivity contribution in [1.82, 2.24) is 4.98 Å². The van der Waals surface area contributed by atoms with Crippen molar-refractivity contribution >= 4 is 38.3 Å². The van der Waals surface area contributed by atoms with Crippen LogP contribution in [0.15, 0.2) is 42.5 Å². The molecule has 5 nitrogen and oxygen atoms in total. The zero-order valence-electron chi connectivity index (χ0n) is 17.9. The molecule has 2 aromatic carbocycles.